The van der Waals surface area contributed by atoms with Gasteiger partial charge in [-0.05, 0) is 31.6 Å². The van der Waals surface area contributed by atoms with Crippen molar-refractivity contribution in [1.82, 2.24) is 0 Å². The molecule has 2 saturated heterocycles. The van der Waals surface area contributed by atoms with Gasteiger partial charge in [0.25, 0.3) is 0 Å². The molecule has 1 aliphatic carbocycles. The second kappa shape index (κ2) is 5.32. The molecule has 4 nitrogen and oxygen atoms in total. The summed E-state index contributed by atoms with van der Waals surface area (Å²) in [5.74, 6) is 0.285. The first kappa shape index (κ1) is 13.8. The van der Waals surface area contributed by atoms with Crippen molar-refractivity contribution in [2.24, 2.45) is 5.92 Å². The summed E-state index contributed by atoms with van der Waals surface area (Å²) >= 11 is 0. The van der Waals surface area contributed by atoms with Gasteiger partial charge in [-0.15, -0.1) is 0 Å². The standard InChI is InChI=1S/C15H26O4/c1-17-13-4-2-3-6-15(13,16)12-5-8-19-14(10-12)7-9-18-11-14/h12-13,16H,2-11H2,1H3. The third kappa shape index (κ3) is 2.44. The summed E-state index contributed by atoms with van der Waals surface area (Å²) in [4.78, 5) is 0. The zero-order chi connectivity index (χ0) is 13.3. The molecule has 110 valence electrons. The fourth-order valence-electron chi connectivity index (χ4n) is 4.26. The van der Waals surface area contributed by atoms with Crippen LogP contribution in [0.5, 0.6) is 0 Å². The molecular weight excluding hydrogens is 244 g/mol. The zero-order valence-corrected chi connectivity index (χ0v) is 11.9. The molecule has 3 aliphatic rings. The minimum Gasteiger partial charge on any atom is -0.387 e. The quantitative estimate of drug-likeness (QED) is 0.832. The summed E-state index contributed by atoms with van der Waals surface area (Å²) in [5.41, 5.74) is -0.791. The smallest absolute Gasteiger partial charge is 0.0940 e. The van der Waals surface area contributed by atoms with E-state index in [1.165, 1.54) is 0 Å². The van der Waals surface area contributed by atoms with Gasteiger partial charge in [-0.25, -0.2) is 0 Å². The normalized spacial score (nSPS) is 47.7. The lowest BCUT2D eigenvalue weighted by atomic mass is 9.67. The monoisotopic (exact) mass is 270 g/mol. The second-order valence-electron chi connectivity index (χ2n) is 6.49. The van der Waals surface area contributed by atoms with Gasteiger partial charge in [0, 0.05) is 26.7 Å². The van der Waals surface area contributed by atoms with Crippen molar-refractivity contribution in [3.8, 4) is 0 Å². The van der Waals surface area contributed by atoms with Crippen LogP contribution in [0.3, 0.4) is 0 Å². The van der Waals surface area contributed by atoms with Gasteiger partial charge >= 0.3 is 0 Å². The molecular formula is C15H26O4. The molecule has 4 heteroatoms. The molecule has 3 fully saturated rings. The molecule has 0 aromatic heterocycles. The summed E-state index contributed by atoms with van der Waals surface area (Å²) in [6.07, 6.45) is 6.94. The van der Waals surface area contributed by atoms with Crippen LogP contribution in [0.25, 0.3) is 0 Å². The Balaban J connectivity index is 1.76. The van der Waals surface area contributed by atoms with Crippen molar-refractivity contribution in [2.75, 3.05) is 26.9 Å². The molecule has 0 aromatic rings. The second-order valence-corrected chi connectivity index (χ2v) is 6.49. The topological polar surface area (TPSA) is 47.9 Å². The Morgan fingerprint density at radius 3 is 2.79 bits per heavy atom. The number of hydrogen-bond donors (Lipinski definition) is 1. The van der Waals surface area contributed by atoms with Crippen molar-refractivity contribution in [3.63, 3.8) is 0 Å². The van der Waals surface area contributed by atoms with Gasteiger partial charge in [0.2, 0.25) is 0 Å². The summed E-state index contributed by atoms with van der Waals surface area (Å²) in [6, 6.07) is 0. The van der Waals surface area contributed by atoms with Gasteiger partial charge in [0.05, 0.1) is 23.9 Å². The van der Waals surface area contributed by atoms with Gasteiger partial charge in [-0.1, -0.05) is 12.8 Å². The maximum atomic E-state index is 11.2. The fraction of sp³-hybridized carbons (Fsp3) is 1.00. The number of methoxy groups -OCH3 is 1. The van der Waals surface area contributed by atoms with Gasteiger partial charge in [-0.2, -0.15) is 0 Å². The van der Waals surface area contributed by atoms with E-state index in [-0.39, 0.29) is 17.6 Å². The van der Waals surface area contributed by atoms with Gasteiger partial charge < -0.3 is 19.3 Å². The molecule has 1 N–H and O–H groups in total. The van der Waals surface area contributed by atoms with E-state index in [2.05, 4.69) is 0 Å². The van der Waals surface area contributed by atoms with E-state index >= 15 is 0 Å². The van der Waals surface area contributed by atoms with Crippen LogP contribution < -0.4 is 0 Å². The van der Waals surface area contributed by atoms with Crippen LogP contribution in [0, 0.1) is 5.92 Å². The molecule has 3 rings (SSSR count). The average molecular weight is 270 g/mol. The Morgan fingerprint density at radius 1 is 1.16 bits per heavy atom. The van der Waals surface area contributed by atoms with Crippen LogP contribution in [0.15, 0.2) is 0 Å². The minimum absolute atomic E-state index is 0.0104. The van der Waals surface area contributed by atoms with Gasteiger partial charge in [-0.3, -0.25) is 0 Å². The molecule has 0 aromatic carbocycles. The predicted octanol–water partition coefficient (Wildman–Crippen LogP) is 1.89. The highest BCUT2D eigenvalue weighted by Gasteiger charge is 2.51. The number of aliphatic hydroxyl groups is 1. The third-order valence-electron chi connectivity index (χ3n) is 5.40. The van der Waals surface area contributed by atoms with Crippen molar-refractivity contribution < 1.29 is 19.3 Å². The zero-order valence-electron chi connectivity index (χ0n) is 11.9. The van der Waals surface area contributed by atoms with Crippen LogP contribution in [0.1, 0.15) is 44.9 Å². The van der Waals surface area contributed by atoms with E-state index in [0.717, 1.165) is 58.2 Å². The number of hydrogen-bond acceptors (Lipinski definition) is 4. The van der Waals surface area contributed by atoms with Crippen LogP contribution in [-0.2, 0) is 14.2 Å². The predicted molar refractivity (Wildman–Crippen MR) is 71.1 cm³/mol. The minimum atomic E-state index is -0.660. The maximum absolute atomic E-state index is 11.2. The molecule has 0 radical (unpaired) electrons. The maximum Gasteiger partial charge on any atom is 0.0940 e. The van der Waals surface area contributed by atoms with E-state index in [1.54, 1.807) is 7.11 Å². The Labute approximate surface area is 115 Å². The summed E-state index contributed by atoms with van der Waals surface area (Å²) < 4.78 is 17.1. The van der Waals surface area contributed by atoms with Gasteiger partial charge in [0.1, 0.15) is 0 Å². The molecule has 1 spiro atoms. The van der Waals surface area contributed by atoms with E-state index < -0.39 is 5.60 Å². The first-order valence-corrected chi connectivity index (χ1v) is 7.65. The molecule has 2 heterocycles. The fourth-order valence-corrected chi connectivity index (χ4v) is 4.26. The average Bonchev–Trinajstić information content (AvgIpc) is 2.87. The highest BCUT2D eigenvalue weighted by atomic mass is 16.6. The van der Waals surface area contributed by atoms with Crippen LogP contribution in [0.4, 0.5) is 0 Å². The Morgan fingerprint density at radius 2 is 2.05 bits per heavy atom. The van der Waals surface area contributed by atoms with E-state index in [4.69, 9.17) is 14.2 Å². The lowest BCUT2D eigenvalue weighted by molar-refractivity contribution is -0.193. The van der Waals surface area contributed by atoms with Crippen LogP contribution in [-0.4, -0.2) is 49.3 Å². The molecule has 19 heavy (non-hydrogen) atoms. The van der Waals surface area contributed by atoms with Crippen molar-refractivity contribution in [3.05, 3.63) is 0 Å². The highest BCUT2D eigenvalue weighted by Crippen LogP contribution is 2.45. The molecule has 2 aliphatic heterocycles. The van der Waals surface area contributed by atoms with Crippen LogP contribution >= 0.6 is 0 Å². The van der Waals surface area contributed by atoms with E-state index in [9.17, 15) is 5.11 Å². The largest absolute Gasteiger partial charge is 0.387 e. The highest BCUT2D eigenvalue weighted by molar-refractivity contribution is 5.02. The van der Waals surface area contributed by atoms with E-state index in [0.29, 0.717) is 6.61 Å². The number of rotatable bonds is 2. The van der Waals surface area contributed by atoms with Gasteiger partial charge in [0.15, 0.2) is 0 Å². The number of ether oxygens (including phenoxy) is 3. The SMILES string of the molecule is COC1CCCCC1(O)C1CCOC2(CCOC2)C1. The summed E-state index contributed by atoms with van der Waals surface area (Å²) in [7, 11) is 1.73. The summed E-state index contributed by atoms with van der Waals surface area (Å²) in [6.45, 7) is 2.23. The first-order chi connectivity index (χ1) is 9.19. The first-order valence-electron chi connectivity index (χ1n) is 7.65. The Hall–Kier alpha value is -0.160. The molecule has 0 bridgehead atoms. The lowest BCUT2D eigenvalue weighted by Crippen LogP contribution is -2.56. The van der Waals surface area contributed by atoms with Crippen LogP contribution in [0.2, 0.25) is 0 Å². The third-order valence-corrected chi connectivity index (χ3v) is 5.40. The summed E-state index contributed by atoms with van der Waals surface area (Å²) in [5, 5.41) is 11.2. The van der Waals surface area contributed by atoms with Crippen molar-refractivity contribution in [1.29, 1.82) is 0 Å². The Kier molecular flexibility index (Phi) is 3.87. The molecule has 1 saturated carbocycles. The van der Waals surface area contributed by atoms with Crippen molar-refractivity contribution >= 4 is 0 Å². The van der Waals surface area contributed by atoms with Crippen molar-refractivity contribution in [2.45, 2.75) is 62.3 Å². The molecule has 0 amide bonds. The Bertz CT molecular complexity index is 313. The molecule has 4 atom stereocenters. The molecule has 4 unspecified atom stereocenters. The van der Waals surface area contributed by atoms with E-state index in [1.807, 2.05) is 0 Å². The lowest BCUT2D eigenvalue weighted by Gasteiger charge is -2.49.